The molecule has 2 aromatic heterocycles. The Morgan fingerprint density at radius 3 is 2.59 bits per heavy atom. The number of aromatic amines is 1. The Hall–Kier alpha value is -3.41. The summed E-state index contributed by atoms with van der Waals surface area (Å²) in [4.78, 5) is 31.5. The summed E-state index contributed by atoms with van der Waals surface area (Å²) >= 11 is 0. The van der Waals surface area contributed by atoms with E-state index in [-0.39, 0.29) is 24.2 Å². The number of aliphatic hydroxyl groups is 1. The van der Waals surface area contributed by atoms with Crippen molar-refractivity contribution >= 4 is 11.9 Å². The molecule has 1 aromatic carbocycles. The third-order valence-electron chi connectivity index (χ3n) is 6.52. The van der Waals surface area contributed by atoms with E-state index in [0.29, 0.717) is 55.0 Å². The summed E-state index contributed by atoms with van der Waals surface area (Å²) in [6.07, 6.45) is 4.68. The molecule has 0 radical (unpaired) electrons. The second-order valence-electron chi connectivity index (χ2n) is 9.21. The Morgan fingerprint density at radius 2 is 1.86 bits per heavy atom. The van der Waals surface area contributed by atoms with Gasteiger partial charge in [0, 0.05) is 31.4 Å². The molecule has 196 valence electrons. The molecule has 0 bridgehead atoms. The average Bonchev–Trinajstić information content (AvgIpc) is 3.36. The van der Waals surface area contributed by atoms with Gasteiger partial charge in [-0.1, -0.05) is 0 Å². The number of ether oxygens (including phenoxy) is 2. The second kappa shape index (κ2) is 11.8. The van der Waals surface area contributed by atoms with Crippen molar-refractivity contribution in [1.29, 1.82) is 0 Å². The number of benzene rings is 1. The van der Waals surface area contributed by atoms with Crippen LogP contribution in [0.15, 0.2) is 36.5 Å². The Morgan fingerprint density at radius 1 is 1.11 bits per heavy atom. The van der Waals surface area contributed by atoms with E-state index in [4.69, 9.17) is 19.6 Å². The number of nitrogens with one attached hydrogen (secondary N) is 2. The molecule has 3 aromatic rings. The van der Waals surface area contributed by atoms with Crippen LogP contribution < -0.4 is 5.32 Å². The summed E-state index contributed by atoms with van der Waals surface area (Å²) < 4.78 is 25.4. The van der Waals surface area contributed by atoms with Crippen molar-refractivity contribution in [3.05, 3.63) is 48.2 Å². The van der Waals surface area contributed by atoms with Crippen molar-refractivity contribution in [2.75, 3.05) is 44.8 Å². The minimum Gasteiger partial charge on any atom is -0.395 e. The average molecular weight is 511 g/mol. The molecular weight excluding hydrogens is 479 g/mol. The van der Waals surface area contributed by atoms with Gasteiger partial charge in [-0.05, 0) is 49.6 Å². The molecule has 0 saturated carbocycles. The molecule has 3 N–H and O–H groups in total. The van der Waals surface area contributed by atoms with E-state index in [1.165, 1.54) is 18.6 Å². The first-order chi connectivity index (χ1) is 18.1. The number of carbonyl (C=O) groups excluding carboxylic acids is 1. The van der Waals surface area contributed by atoms with Crippen LogP contribution in [0.5, 0.6) is 0 Å². The van der Waals surface area contributed by atoms with Crippen LogP contribution in [0.2, 0.25) is 0 Å². The molecule has 0 aliphatic carbocycles. The largest absolute Gasteiger partial charge is 0.395 e. The van der Waals surface area contributed by atoms with Crippen molar-refractivity contribution in [2.45, 2.75) is 32.0 Å². The fourth-order valence-electron chi connectivity index (χ4n) is 4.61. The predicted molar refractivity (Wildman–Crippen MR) is 134 cm³/mol. The fourth-order valence-corrected chi connectivity index (χ4v) is 4.61. The van der Waals surface area contributed by atoms with Gasteiger partial charge in [0.05, 0.1) is 49.2 Å². The standard InChI is InChI=1S/C26H31FN6O4/c27-19-6-4-17(5-7-19)23-24(20-8-9-28-26(30-20)29-10-13-34)32-21(31-23)14-22-36-15-18(16-37-22)25(35)33-11-2-1-3-12-33/h4-9,18,22,34H,1-3,10-16H2,(H,31,32)(H,28,29,30). The summed E-state index contributed by atoms with van der Waals surface area (Å²) in [6, 6.07) is 7.84. The first-order valence-electron chi connectivity index (χ1n) is 12.7. The van der Waals surface area contributed by atoms with Gasteiger partial charge in [-0.25, -0.2) is 19.3 Å². The van der Waals surface area contributed by atoms with E-state index in [1.807, 2.05) is 4.90 Å². The van der Waals surface area contributed by atoms with E-state index in [1.54, 1.807) is 24.4 Å². The summed E-state index contributed by atoms with van der Waals surface area (Å²) in [5.74, 6) is 0.463. The van der Waals surface area contributed by atoms with Crippen molar-refractivity contribution < 1.29 is 23.8 Å². The Bertz CT molecular complexity index is 1190. The molecule has 2 aliphatic rings. The molecule has 0 spiro atoms. The number of piperidine rings is 1. The SMILES string of the molecule is O=C(C1COC(Cc2nc(-c3ccc(F)cc3)c(-c3ccnc(NCCO)n3)[nH]2)OC1)N1CCCCC1. The van der Waals surface area contributed by atoms with Crippen LogP contribution >= 0.6 is 0 Å². The van der Waals surface area contributed by atoms with Gasteiger partial charge < -0.3 is 29.8 Å². The third-order valence-corrected chi connectivity index (χ3v) is 6.52. The van der Waals surface area contributed by atoms with Crippen molar-refractivity contribution in [1.82, 2.24) is 24.8 Å². The van der Waals surface area contributed by atoms with Gasteiger partial charge in [0.1, 0.15) is 11.6 Å². The van der Waals surface area contributed by atoms with Crippen LogP contribution in [0.1, 0.15) is 25.1 Å². The van der Waals surface area contributed by atoms with E-state index >= 15 is 0 Å². The maximum Gasteiger partial charge on any atom is 0.230 e. The number of aliphatic hydroxyl groups excluding tert-OH is 1. The summed E-state index contributed by atoms with van der Waals surface area (Å²) in [5.41, 5.74) is 2.56. The quantitative estimate of drug-likeness (QED) is 0.422. The number of halogens is 1. The van der Waals surface area contributed by atoms with E-state index in [0.717, 1.165) is 31.5 Å². The number of hydrogen-bond acceptors (Lipinski definition) is 8. The number of imidazole rings is 1. The number of nitrogens with zero attached hydrogens (tertiary/aromatic N) is 4. The Kier molecular flexibility index (Phi) is 8.02. The topological polar surface area (TPSA) is 125 Å². The first kappa shape index (κ1) is 25.2. The van der Waals surface area contributed by atoms with E-state index in [2.05, 4.69) is 20.3 Å². The highest BCUT2D eigenvalue weighted by molar-refractivity contribution is 5.79. The normalized spacial score (nSPS) is 20.1. The molecule has 37 heavy (non-hydrogen) atoms. The van der Waals surface area contributed by atoms with Gasteiger partial charge in [-0.2, -0.15) is 0 Å². The molecule has 1 amide bonds. The zero-order valence-corrected chi connectivity index (χ0v) is 20.5. The zero-order chi connectivity index (χ0) is 25.6. The summed E-state index contributed by atoms with van der Waals surface area (Å²) in [7, 11) is 0. The lowest BCUT2D eigenvalue weighted by atomic mass is 10.1. The van der Waals surface area contributed by atoms with Gasteiger partial charge in [-0.15, -0.1) is 0 Å². The highest BCUT2D eigenvalue weighted by Gasteiger charge is 2.32. The highest BCUT2D eigenvalue weighted by atomic mass is 19.1. The first-order valence-corrected chi connectivity index (χ1v) is 12.7. The molecule has 11 heteroatoms. The van der Waals surface area contributed by atoms with Gasteiger partial charge in [0.25, 0.3) is 0 Å². The number of aromatic nitrogens is 4. The molecule has 2 saturated heterocycles. The van der Waals surface area contributed by atoms with Gasteiger partial charge >= 0.3 is 0 Å². The molecular formula is C26H31FN6O4. The van der Waals surface area contributed by atoms with Crippen LogP contribution in [0, 0.1) is 11.7 Å². The predicted octanol–water partition coefficient (Wildman–Crippen LogP) is 2.62. The second-order valence-corrected chi connectivity index (χ2v) is 9.21. The molecule has 0 atom stereocenters. The highest BCUT2D eigenvalue weighted by Crippen LogP contribution is 2.30. The Balaban J connectivity index is 1.32. The number of carbonyl (C=O) groups is 1. The lowest BCUT2D eigenvalue weighted by Gasteiger charge is -2.34. The maximum absolute atomic E-state index is 13.6. The monoisotopic (exact) mass is 510 g/mol. The van der Waals surface area contributed by atoms with E-state index < -0.39 is 6.29 Å². The molecule has 0 unspecified atom stereocenters. The molecule has 10 nitrogen and oxygen atoms in total. The van der Waals surface area contributed by atoms with Gasteiger partial charge in [0.2, 0.25) is 11.9 Å². The number of H-pyrrole nitrogens is 1. The van der Waals surface area contributed by atoms with Crippen molar-refractivity contribution in [3.63, 3.8) is 0 Å². The number of amides is 1. The number of likely N-dealkylation sites (tertiary alicyclic amines) is 1. The van der Waals surface area contributed by atoms with Crippen LogP contribution in [0.25, 0.3) is 22.6 Å². The Labute approximate surface area is 214 Å². The molecule has 2 fully saturated rings. The zero-order valence-electron chi connectivity index (χ0n) is 20.5. The molecule has 2 aliphatic heterocycles. The summed E-state index contributed by atoms with van der Waals surface area (Å²) in [6.45, 7) is 2.50. The minimum atomic E-state index is -0.544. The van der Waals surface area contributed by atoms with Gasteiger partial charge in [-0.3, -0.25) is 4.79 Å². The number of anilines is 1. The fraction of sp³-hybridized carbons (Fsp3) is 0.462. The molecule has 4 heterocycles. The number of rotatable bonds is 8. The maximum atomic E-state index is 13.6. The van der Waals surface area contributed by atoms with Gasteiger partial charge in [0.15, 0.2) is 6.29 Å². The summed E-state index contributed by atoms with van der Waals surface area (Å²) in [5, 5.41) is 12.0. The lowest BCUT2D eigenvalue weighted by Crippen LogP contribution is -2.46. The van der Waals surface area contributed by atoms with Crippen LogP contribution in [-0.2, 0) is 20.7 Å². The number of hydrogen-bond donors (Lipinski definition) is 3. The van der Waals surface area contributed by atoms with Crippen LogP contribution in [0.3, 0.4) is 0 Å². The smallest absolute Gasteiger partial charge is 0.230 e. The minimum absolute atomic E-state index is 0.0471. The third kappa shape index (κ3) is 6.12. The van der Waals surface area contributed by atoms with Crippen molar-refractivity contribution in [2.24, 2.45) is 5.92 Å². The van der Waals surface area contributed by atoms with Crippen LogP contribution in [-0.4, -0.2) is 81.6 Å². The van der Waals surface area contributed by atoms with Crippen molar-refractivity contribution in [3.8, 4) is 22.6 Å². The van der Waals surface area contributed by atoms with E-state index in [9.17, 15) is 9.18 Å². The van der Waals surface area contributed by atoms with Crippen LogP contribution in [0.4, 0.5) is 10.3 Å². The lowest BCUT2D eigenvalue weighted by molar-refractivity contribution is -0.204. The molecule has 5 rings (SSSR count).